The molecule has 0 aliphatic rings. The number of nitrogens with one attached hydrogen (secondary N) is 1. The maximum Gasteiger partial charge on any atom is 0.200 e. The fraction of sp³-hybridized carbons (Fsp3) is 0.0769. The summed E-state index contributed by atoms with van der Waals surface area (Å²) in [4.78, 5) is 0. The molecule has 0 spiro atoms. The van der Waals surface area contributed by atoms with Crippen LogP contribution >= 0.6 is 0 Å². The summed E-state index contributed by atoms with van der Waals surface area (Å²) in [5.41, 5.74) is 4.95. The molecule has 3 N–H and O–H groups in total. The Bertz CT molecular complexity index is 628. The second-order valence-corrected chi connectivity index (χ2v) is 3.93. The van der Waals surface area contributed by atoms with Gasteiger partial charge in [0.15, 0.2) is 23.3 Å². The van der Waals surface area contributed by atoms with Crippen LogP contribution in [0, 0.1) is 29.1 Å². The standard InChI is InChI=1S/C13H9F5N2/c14-8-9(15)11(17)13(12(18)10(8)16)20-7-4-2-1-3-6(7)5-19/h1-4,20H,5,19H2. The zero-order chi connectivity index (χ0) is 14.9. The van der Waals surface area contributed by atoms with Gasteiger partial charge in [-0.15, -0.1) is 0 Å². The minimum atomic E-state index is -2.20. The van der Waals surface area contributed by atoms with Crippen LogP contribution in [0.2, 0.25) is 0 Å². The summed E-state index contributed by atoms with van der Waals surface area (Å²) in [6, 6.07) is 6.15. The molecule has 2 aromatic rings. The number of hydrogen-bond acceptors (Lipinski definition) is 2. The van der Waals surface area contributed by atoms with E-state index in [1.807, 2.05) is 0 Å². The smallest absolute Gasteiger partial charge is 0.200 e. The van der Waals surface area contributed by atoms with Crippen LogP contribution in [0.25, 0.3) is 0 Å². The van der Waals surface area contributed by atoms with Crippen molar-refractivity contribution >= 4 is 11.4 Å². The molecule has 2 aromatic carbocycles. The number of benzene rings is 2. The summed E-state index contributed by atoms with van der Waals surface area (Å²) in [7, 11) is 0. The largest absolute Gasteiger partial charge is 0.350 e. The molecule has 0 atom stereocenters. The lowest BCUT2D eigenvalue weighted by Gasteiger charge is -2.13. The molecule has 0 amide bonds. The topological polar surface area (TPSA) is 38.0 Å². The predicted molar refractivity (Wildman–Crippen MR) is 63.8 cm³/mol. The Kier molecular flexibility index (Phi) is 3.89. The fourth-order valence-corrected chi connectivity index (χ4v) is 1.67. The third-order valence-corrected chi connectivity index (χ3v) is 2.71. The summed E-state index contributed by atoms with van der Waals surface area (Å²) < 4.78 is 66.0. The highest BCUT2D eigenvalue weighted by atomic mass is 19.2. The van der Waals surface area contributed by atoms with Gasteiger partial charge >= 0.3 is 0 Å². The average molecular weight is 288 g/mol. The number of para-hydroxylation sites is 1. The second-order valence-electron chi connectivity index (χ2n) is 3.93. The Morgan fingerprint density at radius 2 is 1.30 bits per heavy atom. The molecule has 0 heterocycles. The Morgan fingerprint density at radius 3 is 1.85 bits per heavy atom. The Hall–Kier alpha value is -2.15. The van der Waals surface area contributed by atoms with Gasteiger partial charge in [0.25, 0.3) is 0 Å². The quantitative estimate of drug-likeness (QED) is 0.514. The van der Waals surface area contributed by atoms with Crippen molar-refractivity contribution in [1.82, 2.24) is 0 Å². The van der Waals surface area contributed by atoms with Crippen LogP contribution in [0.5, 0.6) is 0 Å². The molecule has 0 aliphatic carbocycles. The van der Waals surface area contributed by atoms with Crippen LogP contribution in [-0.2, 0) is 6.54 Å². The monoisotopic (exact) mass is 288 g/mol. The lowest BCUT2D eigenvalue weighted by Crippen LogP contribution is -2.08. The first kappa shape index (κ1) is 14.3. The highest BCUT2D eigenvalue weighted by Crippen LogP contribution is 2.30. The first-order valence-electron chi connectivity index (χ1n) is 5.53. The predicted octanol–water partition coefficient (Wildman–Crippen LogP) is 3.58. The number of hydrogen-bond donors (Lipinski definition) is 2. The molecule has 0 fully saturated rings. The van der Waals surface area contributed by atoms with Gasteiger partial charge in [-0.3, -0.25) is 0 Å². The van der Waals surface area contributed by atoms with E-state index in [1.54, 1.807) is 12.1 Å². The maximum atomic E-state index is 13.5. The minimum absolute atomic E-state index is 0.0402. The summed E-state index contributed by atoms with van der Waals surface area (Å²) in [5.74, 6) is -10.0. The third kappa shape index (κ3) is 2.32. The van der Waals surface area contributed by atoms with E-state index in [1.165, 1.54) is 12.1 Å². The molecule has 2 rings (SSSR count). The molecule has 20 heavy (non-hydrogen) atoms. The molecular weight excluding hydrogens is 279 g/mol. The van der Waals surface area contributed by atoms with Gasteiger partial charge in [0.05, 0.1) is 0 Å². The van der Waals surface area contributed by atoms with Crippen LogP contribution in [0.1, 0.15) is 5.56 Å². The normalized spacial score (nSPS) is 10.7. The van der Waals surface area contributed by atoms with Gasteiger partial charge in [-0.2, -0.15) is 0 Å². The number of halogens is 5. The summed E-state index contributed by atoms with van der Waals surface area (Å²) in [6.07, 6.45) is 0. The van der Waals surface area contributed by atoms with E-state index >= 15 is 0 Å². The SMILES string of the molecule is NCc1ccccc1Nc1c(F)c(F)c(F)c(F)c1F. The van der Waals surface area contributed by atoms with Crippen molar-refractivity contribution < 1.29 is 22.0 Å². The first-order chi connectivity index (χ1) is 9.47. The van der Waals surface area contributed by atoms with Crippen molar-refractivity contribution in [3.05, 3.63) is 58.9 Å². The van der Waals surface area contributed by atoms with Crippen molar-refractivity contribution in [2.75, 3.05) is 5.32 Å². The number of rotatable bonds is 3. The van der Waals surface area contributed by atoms with E-state index in [9.17, 15) is 22.0 Å². The van der Waals surface area contributed by atoms with Gasteiger partial charge in [0.1, 0.15) is 5.69 Å². The molecule has 0 aromatic heterocycles. The van der Waals surface area contributed by atoms with E-state index in [2.05, 4.69) is 5.32 Å². The van der Waals surface area contributed by atoms with Crippen LogP contribution < -0.4 is 11.1 Å². The number of anilines is 2. The van der Waals surface area contributed by atoms with Gasteiger partial charge in [0, 0.05) is 12.2 Å². The fourth-order valence-electron chi connectivity index (χ4n) is 1.67. The van der Waals surface area contributed by atoms with Crippen molar-refractivity contribution in [1.29, 1.82) is 0 Å². The van der Waals surface area contributed by atoms with E-state index in [4.69, 9.17) is 5.73 Å². The Balaban J connectivity index is 2.54. The van der Waals surface area contributed by atoms with Gasteiger partial charge in [-0.1, -0.05) is 18.2 Å². The third-order valence-electron chi connectivity index (χ3n) is 2.71. The van der Waals surface area contributed by atoms with Crippen molar-refractivity contribution in [2.24, 2.45) is 5.73 Å². The van der Waals surface area contributed by atoms with Gasteiger partial charge < -0.3 is 11.1 Å². The van der Waals surface area contributed by atoms with Crippen LogP contribution in [0.15, 0.2) is 24.3 Å². The molecule has 0 radical (unpaired) electrons. The maximum absolute atomic E-state index is 13.5. The van der Waals surface area contributed by atoms with E-state index < -0.39 is 34.8 Å². The van der Waals surface area contributed by atoms with Crippen LogP contribution in [0.3, 0.4) is 0 Å². The highest BCUT2D eigenvalue weighted by Gasteiger charge is 2.26. The molecule has 106 valence electrons. The number of nitrogens with two attached hydrogens (primary N) is 1. The van der Waals surface area contributed by atoms with E-state index in [-0.39, 0.29) is 12.2 Å². The van der Waals surface area contributed by atoms with Crippen LogP contribution in [-0.4, -0.2) is 0 Å². The zero-order valence-corrected chi connectivity index (χ0v) is 9.98. The van der Waals surface area contributed by atoms with Crippen molar-refractivity contribution in [2.45, 2.75) is 6.54 Å². The van der Waals surface area contributed by atoms with E-state index in [0.717, 1.165) is 0 Å². The molecule has 0 unspecified atom stereocenters. The van der Waals surface area contributed by atoms with Crippen molar-refractivity contribution in [3.63, 3.8) is 0 Å². The molecular formula is C13H9F5N2. The summed E-state index contributed by atoms with van der Waals surface area (Å²) >= 11 is 0. The molecule has 0 saturated carbocycles. The molecule has 0 aliphatic heterocycles. The van der Waals surface area contributed by atoms with Gasteiger partial charge in [0.2, 0.25) is 5.82 Å². The second kappa shape index (κ2) is 5.46. The average Bonchev–Trinajstić information content (AvgIpc) is 2.48. The molecule has 0 bridgehead atoms. The Labute approximate surface area is 111 Å². The molecule has 7 heteroatoms. The van der Waals surface area contributed by atoms with Gasteiger partial charge in [-0.05, 0) is 11.6 Å². The highest BCUT2D eigenvalue weighted by molar-refractivity contribution is 5.64. The minimum Gasteiger partial charge on any atom is -0.350 e. The molecule has 0 saturated heterocycles. The van der Waals surface area contributed by atoms with Crippen LogP contribution in [0.4, 0.5) is 33.3 Å². The summed E-state index contributed by atoms with van der Waals surface area (Å²) in [5, 5.41) is 2.19. The summed E-state index contributed by atoms with van der Waals surface area (Å²) in [6.45, 7) is 0.0402. The van der Waals surface area contributed by atoms with Crippen molar-refractivity contribution in [3.8, 4) is 0 Å². The lowest BCUT2D eigenvalue weighted by molar-refractivity contribution is 0.382. The zero-order valence-electron chi connectivity index (χ0n) is 9.98. The first-order valence-corrected chi connectivity index (χ1v) is 5.53. The van der Waals surface area contributed by atoms with Gasteiger partial charge in [-0.25, -0.2) is 22.0 Å². The van der Waals surface area contributed by atoms with E-state index in [0.29, 0.717) is 5.56 Å². The molecule has 2 nitrogen and oxygen atoms in total. The Morgan fingerprint density at radius 1 is 0.800 bits per heavy atom. The lowest BCUT2D eigenvalue weighted by atomic mass is 10.1.